The Morgan fingerprint density at radius 3 is 0.821 bits per heavy atom. The first-order valence-electron chi connectivity index (χ1n) is 42.6. The Labute approximate surface area is 607 Å². The number of aryl methyl sites for hydroxylation is 4. The molecule has 0 fully saturated rings. The van der Waals surface area contributed by atoms with Crippen LogP contribution in [0, 0.1) is 25.7 Å². The van der Waals surface area contributed by atoms with E-state index in [4.69, 9.17) is 0 Å². The van der Waals surface area contributed by atoms with Crippen LogP contribution in [-0.2, 0) is 42.2 Å². The van der Waals surface area contributed by atoms with Crippen LogP contribution in [0.4, 0.5) is 0 Å². The fourth-order valence-corrected chi connectivity index (χ4v) is 13.9. The molecule has 3 heteroatoms. The summed E-state index contributed by atoms with van der Waals surface area (Å²) in [6.45, 7) is 26.0. The predicted molar refractivity (Wildman–Crippen MR) is 426 cm³/mol. The Hall–Kier alpha value is -2.43. The summed E-state index contributed by atoms with van der Waals surface area (Å²) in [5.74, 6) is 7.41. The van der Waals surface area contributed by atoms with Crippen molar-refractivity contribution in [3.63, 3.8) is 0 Å². The first kappa shape index (κ1) is 92.6. The van der Waals surface area contributed by atoms with E-state index >= 15 is 0 Å². The average molecular weight is 1360 g/mol. The van der Waals surface area contributed by atoms with E-state index in [2.05, 4.69) is 117 Å². The Balaban J connectivity index is 0.00000218. The van der Waals surface area contributed by atoms with Gasteiger partial charge in [0.2, 0.25) is 11.4 Å². The number of benzene rings is 2. The monoisotopic (exact) mass is 1350 g/mol. The largest absolute Gasteiger partial charge is 2.00 e. The molecule has 0 aliphatic carbocycles. The van der Waals surface area contributed by atoms with Crippen LogP contribution in [-0.4, -0.2) is 4.70 Å². The molecular formula is C92H162N2Ni. The van der Waals surface area contributed by atoms with E-state index in [0.29, 0.717) is 0 Å². The van der Waals surface area contributed by atoms with Crippen molar-refractivity contribution in [3.05, 3.63) is 100 Å². The minimum absolute atomic E-state index is 0. The molecule has 95 heavy (non-hydrogen) atoms. The van der Waals surface area contributed by atoms with Gasteiger partial charge >= 0.3 is 16.5 Å². The molecular weight excluding hydrogens is 1190 g/mol. The van der Waals surface area contributed by atoms with Crippen molar-refractivity contribution in [2.24, 2.45) is 0 Å². The molecule has 0 radical (unpaired) electrons. The van der Waals surface area contributed by atoms with Crippen molar-refractivity contribution >= 4 is 11.4 Å². The summed E-state index contributed by atoms with van der Waals surface area (Å²) in [5.41, 5.74) is 24.3. The van der Waals surface area contributed by atoms with Gasteiger partial charge in [-0.05, 0) is 104 Å². The molecule has 0 amide bonds. The zero-order chi connectivity index (χ0) is 68.3. The van der Waals surface area contributed by atoms with E-state index in [-0.39, 0.29) is 16.5 Å². The average Bonchev–Trinajstić information content (AvgIpc) is 1.61. The maximum absolute atomic E-state index is 12.5. The molecule has 1 aliphatic heterocycles. The van der Waals surface area contributed by atoms with Gasteiger partial charge in [0, 0.05) is 23.1 Å². The third-order valence-corrected chi connectivity index (χ3v) is 20.2. The summed E-state index contributed by atoms with van der Waals surface area (Å²) in [5, 5.41) is 0. The van der Waals surface area contributed by atoms with Crippen molar-refractivity contribution in [1.29, 1.82) is 0 Å². The van der Waals surface area contributed by atoms with Crippen molar-refractivity contribution in [2.75, 3.05) is 0 Å². The third kappa shape index (κ3) is 51.4. The summed E-state index contributed by atoms with van der Waals surface area (Å²) in [7, 11) is 0. The topological polar surface area (TPSA) is 25.3 Å². The number of rotatable bonds is 63. The van der Waals surface area contributed by atoms with Gasteiger partial charge in [0.1, 0.15) is 5.57 Å². The van der Waals surface area contributed by atoms with Crippen LogP contribution >= 0.6 is 0 Å². The number of hydrogen-bond donors (Lipinski definition) is 0. The zero-order valence-electron chi connectivity index (χ0n) is 65.3. The van der Waals surface area contributed by atoms with Gasteiger partial charge in [-0.2, -0.15) is 12.8 Å². The van der Waals surface area contributed by atoms with Crippen LogP contribution in [0.2, 0.25) is 0 Å². The molecule has 0 saturated heterocycles. The minimum Gasteiger partial charge on any atom is -0.493 e. The summed E-state index contributed by atoms with van der Waals surface area (Å²) in [6, 6.07) is 14.1. The summed E-state index contributed by atoms with van der Waals surface area (Å²) in [4.78, 5) is 0. The standard InChI is InChI=1S/C60H96N2.2C16H33.Ni/c1-7-13-17-18-19-20-21-22-23-24-25-26-27-28-29-30-31-32-33-34-35-36-37-38-40-44-58-57(43-39-14-8-2)59(55-47-51(11-5)45-53(49-55)41-15-9-3)62(61)60(58)56-48-52(12-6)46-54(50-56)42-16-10-4;2*1-3-5-7-9-11-13-15-16-14-12-10-8-6-4-2;/h45-50H,7-39,41-43H2,1-6H3;2*1,3-16H2,2H3;/q;2*-1;+2. The number of nitrogens with zero attached hydrogens (tertiary/aromatic N) is 2. The molecule has 2 aromatic rings. The van der Waals surface area contributed by atoms with Crippen LogP contribution in [0.1, 0.15) is 474 Å². The maximum Gasteiger partial charge on any atom is 2.00 e. The molecule has 2 aromatic carbocycles. The van der Waals surface area contributed by atoms with Gasteiger partial charge in [-0.1, -0.05) is 413 Å². The second kappa shape index (κ2) is 71.4. The second-order valence-corrected chi connectivity index (χ2v) is 29.3. The minimum atomic E-state index is 0. The van der Waals surface area contributed by atoms with E-state index in [1.54, 1.807) is 4.70 Å². The number of allylic oxidation sites excluding steroid dienone is 2. The maximum atomic E-state index is 12.5. The first-order valence-corrected chi connectivity index (χ1v) is 42.6. The van der Waals surface area contributed by atoms with Gasteiger partial charge < -0.3 is 19.4 Å². The van der Waals surface area contributed by atoms with E-state index in [1.807, 2.05) is 0 Å². The Kier molecular flexibility index (Phi) is 69.6. The quantitative estimate of drug-likeness (QED) is 0.0207. The van der Waals surface area contributed by atoms with Crippen molar-refractivity contribution in [2.45, 2.75) is 466 Å². The Bertz CT molecular complexity index is 2070. The van der Waals surface area contributed by atoms with Crippen molar-refractivity contribution in [3.8, 4) is 11.8 Å². The van der Waals surface area contributed by atoms with Crippen molar-refractivity contribution in [1.82, 2.24) is 0 Å². The molecule has 3 rings (SSSR count). The summed E-state index contributed by atoms with van der Waals surface area (Å²) in [6.07, 6.45) is 86.3. The van der Waals surface area contributed by atoms with E-state index < -0.39 is 0 Å². The Morgan fingerprint density at radius 1 is 0.284 bits per heavy atom. The third-order valence-electron chi connectivity index (χ3n) is 20.2. The fourth-order valence-electron chi connectivity index (χ4n) is 13.9. The summed E-state index contributed by atoms with van der Waals surface area (Å²) >= 11 is 0. The van der Waals surface area contributed by atoms with Gasteiger partial charge in [0.05, 0.1) is 0 Å². The van der Waals surface area contributed by atoms with Gasteiger partial charge in [0.25, 0.3) is 0 Å². The van der Waals surface area contributed by atoms with Gasteiger partial charge in [-0.15, -0.1) is 0 Å². The van der Waals surface area contributed by atoms with Crippen LogP contribution in [0.25, 0.3) is 16.9 Å². The molecule has 0 atom stereocenters. The molecule has 0 aromatic heterocycles. The molecule has 0 unspecified atom stereocenters. The SMILES string of the molecule is CCCCCCCCCCCCCCCCCCCCCCCCCC#CC1=C(c2cc(CC)cc(CCCC)c2)[N+](=[N-])C(c2cc(CC)cc(CCCC)c2)=C1CCCCC.[CH2-]CCCCCCCCCCCCCCC.[CH2-]CCCCCCCCCCCCCCC.[Ni+2]. The molecule has 0 spiro atoms. The molecule has 1 heterocycles. The molecule has 0 saturated carbocycles. The van der Waals surface area contributed by atoms with E-state index in [9.17, 15) is 5.53 Å². The van der Waals surface area contributed by atoms with Gasteiger partial charge in [-0.25, -0.2) is 4.70 Å². The van der Waals surface area contributed by atoms with Crippen molar-refractivity contribution < 1.29 is 21.2 Å². The predicted octanol–water partition coefficient (Wildman–Crippen LogP) is 32.2. The van der Waals surface area contributed by atoms with Crippen LogP contribution in [0.5, 0.6) is 0 Å². The zero-order valence-corrected chi connectivity index (χ0v) is 66.3. The van der Waals surface area contributed by atoms with E-state index in [1.165, 1.54) is 375 Å². The molecule has 2 nitrogen and oxygen atoms in total. The van der Waals surface area contributed by atoms with Crippen LogP contribution in [0.15, 0.2) is 47.5 Å². The molecule has 0 bridgehead atoms. The smallest absolute Gasteiger partial charge is 0.493 e. The number of unbranched alkanes of at least 4 members (excludes halogenated alkanes) is 53. The van der Waals surface area contributed by atoms with Gasteiger partial charge in [0.15, 0.2) is 0 Å². The van der Waals surface area contributed by atoms with Crippen LogP contribution < -0.4 is 0 Å². The molecule has 1 aliphatic rings. The second-order valence-electron chi connectivity index (χ2n) is 29.3. The molecule has 550 valence electrons. The van der Waals surface area contributed by atoms with Crippen LogP contribution in [0.3, 0.4) is 0 Å². The number of hydrogen-bond acceptors (Lipinski definition) is 0. The Morgan fingerprint density at radius 2 is 0.537 bits per heavy atom. The fraction of sp³-hybridized carbons (Fsp3) is 0.783. The molecule has 0 N–H and O–H groups in total. The summed E-state index contributed by atoms with van der Waals surface area (Å²) < 4.78 is 1.56. The van der Waals surface area contributed by atoms with E-state index in [0.717, 1.165) is 92.3 Å². The first-order chi connectivity index (χ1) is 46.3. The normalized spacial score (nSPS) is 12.0. The van der Waals surface area contributed by atoms with Gasteiger partial charge in [-0.3, -0.25) is 0 Å².